The zero-order valence-electron chi connectivity index (χ0n) is 20.2. The fourth-order valence-corrected chi connectivity index (χ4v) is 6.23. The van der Waals surface area contributed by atoms with E-state index in [0.717, 1.165) is 22.6 Å². The van der Waals surface area contributed by atoms with E-state index in [4.69, 9.17) is 0 Å². The van der Waals surface area contributed by atoms with Gasteiger partial charge in [-0.15, -0.1) is 0 Å². The van der Waals surface area contributed by atoms with E-state index >= 15 is 0 Å². The van der Waals surface area contributed by atoms with Crippen LogP contribution in [0, 0.1) is 31.1 Å². The molecular weight excluding hydrogens is 462 g/mol. The van der Waals surface area contributed by atoms with E-state index in [9.17, 15) is 18.5 Å². The minimum atomic E-state index is -3.78. The molecule has 0 spiro atoms. The predicted molar refractivity (Wildman–Crippen MR) is 132 cm³/mol. The lowest BCUT2D eigenvalue weighted by Crippen LogP contribution is -2.43. The molecule has 3 aromatic rings. The fourth-order valence-electron chi connectivity index (χ4n) is 4.62. The molecule has 182 valence electrons. The number of rotatable bonds is 6. The van der Waals surface area contributed by atoms with Crippen LogP contribution in [-0.2, 0) is 21.4 Å². The number of hydrogen-bond donors (Lipinski definition) is 0. The Kier molecular flexibility index (Phi) is 7.05. The summed E-state index contributed by atoms with van der Waals surface area (Å²) in [6.45, 7) is 4.88. The van der Waals surface area contributed by atoms with Crippen molar-refractivity contribution in [3.63, 3.8) is 0 Å². The highest BCUT2D eigenvalue weighted by Gasteiger charge is 2.34. The van der Waals surface area contributed by atoms with Crippen LogP contribution in [-0.4, -0.2) is 53.4 Å². The van der Waals surface area contributed by atoms with Crippen molar-refractivity contribution in [2.45, 2.75) is 38.1 Å². The first-order valence-corrected chi connectivity index (χ1v) is 13.0. The van der Waals surface area contributed by atoms with Crippen LogP contribution < -0.4 is 0 Å². The van der Waals surface area contributed by atoms with Gasteiger partial charge in [0.15, 0.2) is 0 Å². The van der Waals surface area contributed by atoms with Gasteiger partial charge >= 0.3 is 0 Å². The molecule has 0 unspecified atom stereocenters. The monoisotopic (exact) mass is 491 g/mol. The summed E-state index contributed by atoms with van der Waals surface area (Å²) >= 11 is 0. The molecule has 0 saturated carbocycles. The van der Waals surface area contributed by atoms with Crippen LogP contribution in [0.4, 0.5) is 0 Å². The SMILES string of the molecule is Cc1nn(-c2ccccc2)c(C)c1CN(C)C(=O)C1CCN(S(=O)(=O)c2ccccc2C#N)CC1. The highest BCUT2D eigenvalue weighted by atomic mass is 32.2. The number of carbonyl (C=O) groups excluding carboxylic acids is 1. The number of sulfonamides is 1. The molecule has 1 aliphatic heterocycles. The van der Waals surface area contributed by atoms with Gasteiger partial charge in [0.05, 0.1) is 21.8 Å². The molecular formula is C26H29N5O3S. The average Bonchev–Trinajstić information content (AvgIpc) is 3.17. The minimum Gasteiger partial charge on any atom is -0.341 e. The number of aromatic nitrogens is 2. The Morgan fingerprint density at radius 2 is 1.71 bits per heavy atom. The highest BCUT2D eigenvalue weighted by molar-refractivity contribution is 7.89. The summed E-state index contributed by atoms with van der Waals surface area (Å²) in [5, 5.41) is 14.0. The Balaban J connectivity index is 1.42. The molecule has 0 bridgehead atoms. The number of amides is 1. The largest absolute Gasteiger partial charge is 0.341 e. The molecule has 0 atom stereocenters. The number of para-hydroxylation sites is 1. The van der Waals surface area contributed by atoms with Crippen molar-refractivity contribution >= 4 is 15.9 Å². The molecule has 0 aliphatic carbocycles. The molecule has 8 nitrogen and oxygen atoms in total. The summed E-state index contributed by atoms with van der Waals surface area (Å²) in [4.78, 5) is 14.9. The van der Waals surface area contributed by atoms with Gasteiger partial charge in [-0.1, -0.05) is 30.3 Å². The highest BCUT2D eigenvalue weighted by Crippen LogP contribution is 2.27. The van der Waals surface area contributed by atoms with Gasteiger partial charge in [0, 0.05) is 43.9 Å². The third kappa shape index (κ3) is 4.85. The summed E-state index contributed by atoms with van der Waals surface area (Å²) < 4.78 is 29.4. The third-order valence-corrected chi connectivity index (χ3v) is 8.60. The van der Waals surface area contributed by atoms with E-state index in [1.165, 1.54) is 16.4 Å². The first kappa shape index (κ1) is 24.6. The van der Waals surface area contributed by atoms with Crippen LogP contribution in [0.1, 0.15) is 35.4 Å². The number of carbonyl (C=O) groups is 1. The van der Waals surface area contributed by atoms with Gasteiger partial charge in [-0.25, -0.2) is 13.1 Å². The topological polar surface area (TPSA) is 99.3 Å². The first-order chi connectivity index (χ1) is 16.7. The quantitative estimate of drug-likeness (QED) is 0.526. The van der Waals surface area contributed by atoms with E-state index in [-0.39, 0.29) is 35.4 Å². The molecule has 2 aromatic carbocycles. The number of hydrogen-bond acceptors (Lipinski definition) is 5. The van der Waals surface area contributed by atoms with Gasteiger partial charge in [0.25, 0.3) is 0 Å². The summed E-state index contributed by atoms with van der Waals surface area (Å²) in [5.41, 5.74) is 3.98. The Morgan fingerprint density at radius 1 is 1.09 bits per heavy atom. The second-order valence-corrected chi connectivity index (χ2v) is 10.8. The Bertz CT molecular complexity index is 1370. The second-order valence-electron chi connectivity index (χ2n) is 8.88. The van der Waals surface area contributed by atoms with Gasteiger partial charge in [-0.2, -0.15) is 14.7 Å². The normalized spacial score (nSPS) is 15.0. The molecule has 2 heterocycles. The average molecular weight is 492 g/mol. The maximum Gasteiger partial charge on any atom is 0.244 e. The van der Waals surface area contributed by atoms with Crippen LogP contribution in [0.25, 0.3) is 5.69 Å². The first-order valence-electron chi connectivity index (χ1n) is 11.6. The maximum absolute atomic E-state index is 13.2. The second kappa shape index (κ2) is 10.0. The van der Waals surface area contributed by atoms with Gasteiger partial charge in [0.2, 0.25) is 15.9 Å². The molecule has 9 heteroatoms. The Hall–Kier alpha value is -3.48. The van der Waals surface area contributed by atoms with Crippen LogP contribution in [0.3, 0.4) is 0 Å². The fraction of sp³-hybridized carbons (Fsp3) is 0.346. The predicted octanol–water partition coefficient (Wildman–Crippen LogP) is 3.42. The van der Waals surface area contributed by atoms with Crippen molar-refractivity contribution in [3.05, 3.63) is 77.1 Å². The Morgan fingerprint density at radius 3 is 2.37 bits per heavy atom. The molecule has 0 radical (unpaired) electrons. The lowest BCUT2D eigenvalue weighted by Gasteiger charge is -2.32. The zero-order valence-corrected chi connectivity index (χ0v) is 21.0. The standard InChI is InChI=1S/C26H29N5O3S/c1-19-24(20(2)31(28-19)23-10-5-4-6-11-23)18-29(3)26(32)21-13-15-30(16-14-21)35(33,34)25-12-8-7-9-22(25)17-27/h4-12,21H,13-16,18H2,1-3H3. The molecule has 1 aliphatic rings. The lowest BCUT2D eigenvalue weighted by atomic mass is 9.96. The summed E-state index contributed by atoms with van der Waals surface area (Å²) in [5.74, 6) is -0.242. The van der Waals surface area contributed by atoms with Crippen molar-refractivity contribution < 1.29 is 13.2 Å². The van der Waals surface area contributed by atoms with Gasteiger partial charge in [-0.3, -0.25) is 4.79 Å². The number of nitriles is 1. The number of benzene rings is 2. The molecule has 35 heavy (non-hydrogen) atoms. The van der Waals surface area contributed by atoms with Crippen molar-refractivity contribution in [1.82, 2.24) is 19.0 Å². The van der Waals surface area contributed by atoms with Gasteiger partial charge in [0.1, 0.15) is 6.07 Å². The van der Waals surface area contributed by atoms with Crippen molar-refractivity contribution in [2.24, 2.45) is 5.92 Å². The van der Waals surface area contributed by atoms with E-state index in [0.29, 0.717) is 19.4 Å². The zero-order chi connectivity index (χ0) is 25.2. The van der Waals surface area contributed by atoms with Crippen molar-refractivity contribution in [2.75, 3.05) is 20.1 Å². The van der Waals surface area contributed by atoms with Crippen LogP contribution in [0.5, 0.6) is 0 Å². The summed E-state index contributed by atoms with van der Waals surface area (Å²) in [6.07, 6.45) is 0.886. The van der Waals surface area contributed by atoms with Gasteiger partial charge in [-0.05, 0) is 51.0 Å². The van der Waals surface area contributed by atoms with E-state index in [2.05, 4.69) is 5.10 Å². The smallest absolute Gasteiger partial charge is 0.244 e. The molecule has 1 aromatic heterocycles. The molecule has 1 amide bonds. The molecule has 1 fully saturated rings. The summed E-state index contributed by atoms with van der Waals surface area (Å²) in [6, 6.07) is 18.1. The minimum absolute atomic E-state index is 0.00531. The van der Waals surface area contributed by atoms with Crippen LogP contribution in [0.15, 0.2) is 59.5 Å². The van der Waals surface area contributed by atoms with E-state index < -0.39 is 10.0 Å². The van der Waals surface area contributed by atoms with Crippen LogP contribution in [0.2, 0.25) is 0 Å². The Labute approximate surface area is 206 Å². The van der Waals surface area contributed by atoms with Crippen molar-refractivity contribution in [1.29, 1.82) is 5.26 Å². The molecule has 0 N–H and O–H groups in total. The number of aryl methyl sites for hydroxylation is 1. The van der Waals surface area contributed by atoms with Crippen LogP contribution >= 0.6 is 0 Å². The number of nitrogens with zero attached hydrogens (tertiary/aromatic N) is 5. The van der Waals surface area contributed by atoms with E-state index in [1.807, 2.05) is 54.9 Å². The van der Waals surface area contributed by atoms with Crippen molar-refractivity contribution in [3.8, 4) is 11.8 Å². The molecule has 1 saturated heterocycles. The lowest BCUT2D eigenvalue weighted by molar-refractivity contribution is -0.135. The van der Waals surface area contributed by atoms with Gasteiger partial charge < -0.3 is 4.90 Å². The third-order valence-electron chi connectivity index (χ3n) is 6.64. The van der Waals surface area contributed by atoms with E-state index in [1.54, 1.807) is 24.1 Å². The molecule has 4 rings (SSSR count). The number of piperidine rings is 1. The maximum atomic E-state index is 13.2. The summed E-state index contributed by atoms with van der Waals surface area (Å²) in [7, 11) is -2.00.